The average Bonchev–Trinajstić information content (AvgIpc) is 2.40. The molecule has 2 rings (SSSR count). The number of carbonyl (C=O) groups excluding carboxylic acids is 1. The lowest BCUT2D eigenvalue weighted by Gasteiger charge is -2.07. The summed E-state index contributed by atoms with van der Waals surface area (Å²) in [5.74, 6) is 0.215. The van der Waals surface area contributed by atoms with Crippen LogP contribution >= 0.6 is 12.6 Å². The molecule has 1 amide bonds. The van der Waals surface area contributed by atoms with Gasteiger partial charge in [-0.2, -0.15) is 12.6 Å². The molecule has 18 heavy (non-hydrogen) atoms. The first-order valence-electron chi connectivity index (χ1n) is 5.56. The number of hydrogen-bond donors (Lipinski definition) is 2. The van der Waals surface area contributed by atoms with Gasteiger partial charge in [-0.1, -0.05) is 18.2 Å². The van der Waals surface area contributed by atoms with Crippen molar-refractivity contribution in [2.45, 2.75) is 6.92 Å². The van der Waals surface area contributed by atoms with Crippen molar-refractivity contribution in [3.05, 3.63) is 46.0 Å². The standard InChI is InChI=1S/C13H13NO3S/c1-8-9-4-2-3-5-10(9)13(16)17-11(8)12(15)14-6-7-18/h2-5,18H,6-7H2,1H3,(H,14,15). The van der Waals surface area contributed by atoms with Crippen LogP contribution in [-0.2, 0) is 0 Å². The van der Waals surface area contributed by atoms with Crippen LogP contribution in [0.15, 0.2) is 33.5 Å². The van der Waals surface area contributed by atoms with E-state index < -0.39 is 5.63 Å². The van der Waals surface area contributed by atoms with Crippen LogP contribution in [0.5, 0.6) is 0 Å². The van der Waals surface area contributed by atoms with Crippen molar-refractivity contribution in [1.82, 2.24) is 5.32 Å². The molecule has 2 aromatic rings. The fourth-order valence-corrected chi connectivity index (χ4v) is 1.91. The second-order valence-corrected chi connectivity index (χ2v) is 4.32. The lowest BCUT2D eigenvalue weighted by atomic mass is 10.1. The van der Waals surface area contributed by atoms with Gasteiger partial charge in [-0.3, -0.25) is 4.79 Å². The van der Waals surface area contributed by atoms with Crippen LogP contribution in [0.25, 0.3) is 10.8 Å². The summed E-state index contributed by atoms with van der Waals surface area (Å²) in [6.45, 7) is 2.19. The molecule has 5 heteroatoms. The summed E-state index contributed by atoms with van der Waals surface area (Å²) in [5, 5.41) is 3.86. The quantitative estimate of drug-likeness (QED) is 0.830. The smallest absolute Gasteiger partial charge is 0.344 e. The highest BCUT2D eigenvalue weighted by Crippen LogP contribution is 2.18. The number of nitrogens with one attached hydrogen (secondary N) is 1. The van der Waals surface area contributed by atoms with Crippen molar-refractivity contribution in [1.29, 1.82) is 0 Å². The van der Waals surface area contributed by atoms with Gasteiger partial charge in [0.2, 0.25) is 0 Å². The molecular weight excluding hydrogens is 250 g/mol. The summed E-state index contributed by atoms with van der Waals surface area (Å²) in [4.78, 5) is 23.6. The van der Waals surface area contributed by atoms with Crippen LogP contribution in [0.2, 0.25) is 0 Å². The first kappa shape index (κ1) is 12.7. The maximum absolute atomic E-state index is 11.8. The van der Waals surface area contributed by atoms with Gasteiger partial charge < -0.3 is 9.73 Å². The van der Waals surface area contributed by atoms with Crippen LogP contribution in [0.4, 0.5) is 0 Å². The van der Waals surface area contributed by atoms with Crippen LogP contribution in [-0.4, -0.2) is 18.2 Å². The Labute approximate surface area is 109 Å². The second-order valence-electron chi connectivity index (χ2n) is 3.87. The minimum absolute atomic E-state index is 0.0699. The first-order chi connectivity index (χ1) is 8.65. The number of thiol groups is 1. The maximum atomic E-state index is 11.8. The Hall–Kier alpha value is -1.75. The van der Waals surface area contributed by atoms with Crippen LogP contribution < -0.4 is 10.9 Å². The third-order valence-corrected chi connectivity index (χ3v) is 2.91. The number of benzene rings is 1. The van der Waals surface area contributed by atoms with E-state index >= 15 is 0 Å². The number of carbonyl (C=O) groups is 1. The molecule has 0 unspecified atom stereocenters. The molecule has 0 aliphatic rings. The SMILES string of the molecule is Cc1c(C(=O)NCCS)oc(=O)c2ccccc12. The predicted molar refractivity (Wildman–Crippen MR) is 73.4 cm³/mol. The Balaban J connectivity index is 2.56. The number of rotatable bonds is 3. The van der Waals surface area contributed by atoms with Crippen molar-refractivity contribution in [3.8, 4) is 0 Å². The molecule has 4 nitrogen and oxygen atoms in total. The minimum Gasteiger partial charge on any atom is -0.417 e. The van der Waals surface area contributed by atoms with Gasteiger partial charge in [-0.15, -0.1) is 0 Å². The highest BCUT2D eigenvalue weighted by Gasteiger charge is 2.16. The van der Waals surface area contributed by atoms with E-state index in [1.807, 2.05) is 6.07 Å². The van der Waals surface area contributed by atoms with E-state index in [9.17, 15) is 9.59 Å². The topological polar surface area (TPSA) is 59.3 Å². The van der Waals surface area contributed by atoms with E-state index in [0.29, 0.717) is 23.2 Å². The zero-order valence-electron chi connectivity index (χ0n) is 9.90. The summed E-state index contributed by atoms with van der Waals surface area (Å²) >= 11 is 4.01. The summed E-state index contributed by atoms with van der Waals surface area (Å²) in [5.41, 5.74) is 0.175. The molecule has 0 aliphatic heterocycles. The molecule has 1 N–H and O–H groups in total. The van der Waals surface area contributed by atoms with Gasteiger partial charge in [-0.05, 0) is 18.4 Å². The van der Waals surface area contributed by atoms with E-state index in [0.717, 1.165) is 5.39 Å². The van der Waals surface area contributed by atoms with E-state index in [1.54, 1.807) is 25.1 Å². The highest BCUT2D eigenvalue weighted by molar-refractivity contribution is 7.80. The van der Waals surface area contributed by atoms with Crippen molar-refractivity contribution in [3.63, 3.8) is 0 Å². The maximum Gasteiger partial charge on any atom is 0.344 e. The van der Waals surface area contributed by atoms with Gasteiger partial charge in [0, 0.05) is 17.9 Å². The summed E-state index contributed by atoms with van der Waals surface area (Å²) < 4.78 is 5.09. The molecule has 1 aromatic carbocycles. The summed E-state index contributed by atoms with van der Waals surface area (Å²) in [7, 11) is 0. The Morgan fingerprint density at radius 2 is 2.00 bits per heavy atom. The molecular formula is C13H13NO3S. The molecule has 0 saturated heterocycles. The van der Waals surface area contributed by atoms with Gasteiger partial charge in [0.05, 0.1) is 5.39 Å². The van der Waals surface area contributed by atoms with Crippen LogP contribution in [0, 0.1) is 6.92 Å². The van der Waals surface area contributed by atoms with E-state index in [4.69, 9.17) is 4.42 Å². The zero-order valence-corrected chi connectivity index (χ0v) is 10.8. The van der Waals surface area contributed by atoms with E-state index in [1.165, 1.54) is 0 Å². The molecule has 1 heterocycles. The monoisotopic (exact) mass is 263 g/mol. The highest BCUT2D eigenvalue weighted by atomic mass is 32.1. The molecule has 0 spiro atoms. The number of amides is 1. The first-order valence-corrected chi connectivity index (χ1v) is 6.20. The third-order valence-electron chi connectivity index (χ3n) is 2.69. The van der Waals surface area contributed by atoms with Gasteiger partial charge in [0.15, 0.2) is 5.76 Å². The largest absolute Gasteiger partial charge is 0.417 e. The number of hydrogen-bond acceptors (Lipinski definition) is 4. The zero-order chi connectivity index (χ0) is 13.1. The van der Waals surface area contributed by atoms with E-state index in [-0.39, 0.29) is 11.7 Å². The molecule has 0 radical (unpaired) electrons. The van der Waals surface area contributed by atoms with Gasteiger partial charge >= 0.3 is 5.63 Å². The van der Waals surface area contributed by atoms with Crippen LogP contribution in [0.1, 0.15) is 16.1 Å². The van der Waals surface area contributed by atoms with Crippen molar-refractivity contribution in [2.75, 3.05) is 12.3 Å². The predicted octanol–water partition coefficient (Wildman–Crippen LogP) is 1.76. The second kappa shape index (κ2) is 5.27. The summed E-state index contributed by atoms with van der Waals surface area (Å²) in [6, 6.07) is 7.07. The fraction of sp³-hybridized carbons (Fsp3) is 0.231. The van der Waals surface area contributed by atoms with Gasteiger partial charge in [-0.25, -0.2) is 4.79 Å². The Kier molecular flexibility index (Phi) is 3.72. The normalized spacial score (nSPS) is 10.6. The molecule has 94 valence electrons. The Bertz CT molecular complexity index is 648. The fourth-order valence-electron chi connectivity index (χ4n) is 1.80. The molecule has 0 bridgehead atoms. The third kappa shape index (κ3) is 2.26. The van der Waals surface area contributed by atoms with Crippen molar-refractivity contribution in [2.24, 2.45) is 0 Å². The number of fused-ring (bicyclic) bond motifs is 1. The molecule has 1 aromatic heterocycles. The molecule has 0 fully saturated rings. The van der Waals surface area contributed by atoms with E-state index in [2.05, 4.69) is 17.9 Å². The Morgan fingerprint density at radius 1 is 1.33 bits per heavy atom. The lowest BCUT2D eigenvalue weighted by Crippen LogP contribution is -2.27. The molecule has 0 atom stereocenters. The Morgan fingerprint density at radius 3 is 2.67 bits per heavy atom. The minimum atomic E-state index is -0.493. The lowest BCUT2D eigenvalue weighted by molar-refractivity contribution is 0.0923. The number of aryl methyl sites for hydroxylation is 1. The van der Waals surface area contributed by atoms with Crippen molar-refractivity contribution < 1.29 is 9.21 Å². The van der Waals surface area contributed by atoms with Crippen molar-refractivity contribution >= 4 is 29.3 Å². The molecule has 0 saturated carbocycles. The van der Waals surface area contributed by atoms with Gasteiger partial charge in [0.1, 0.15) is 0 Å². The molecule has 0 aliphatic carbocycles. The van der Waals surface area contributed by atoms with Gasteiger partial charge in [0.25, 0.3) is 5.91 Å². The van der Waals surface area contributed by atoms with Crippen LogP contribution in [0.3, 0.4) is 0 Å². The summed E-state index contributed by atoms with van der Waals surface area (Å²) in [6.07, 6.45) is 0. The average molecular weight is 263 g/mol.